The van der Waals surface area contributed by atoms with Gasteiger partial charge in [0.15, 0.2) is 0 Å². The van der Waals surface area contributed by atoms with Gasteiger partial charge in [-0.1, -0.05) is 42.0 Å². The zero-order valence-corrected chi connectivity index (χ0v) is 26.2. The highest BCUT2D eigenvalue weighted by atomic mass is 19.1. The molecule has 0 radical (unpaired) electrons. The van der Waals surface area contributed by atoms with Gasteiger partial charge in [0, 0.05) is 35.8 Å². The molecular weight excluding hydrogens is 553 g/mol. The number of aromatic nitrogens is 1. The Hall–Kier alpha value is -4.49. The van der Waals surface area contributed by atoms with Crippen molar-refractivity contribution in [2.45, 2.75) is 52.0 Å². The average Bonchev–Trinajstić information content (AvgIpc) is 3.61. The maximum absolute atomic E-state index is 12.7. The van der Waals surface area contributed by atoms with E-state index in [1.54, 1.807) is 12.1 Å². The Morgan fingerprint density at radius 2 is 1.68 bits per heavy atom. The first-order chi connectivity index (χ1) is 21.3. The molecular formula is C37H44FN3O3. The number of carbonyl (C=O) groups is 2. The van der Waals surface area contributed by atoms with Gasteiger partial charge < -0.3 is 24.6 Å². The number of nitrogens with one attached hydrogen (secondary N) is 2. The van der Waals surface area contributed by atoms with E-state index >= 15 is 0 Å². The van der Waals surface area contributed by atoms with E-state index < -0.39 is 0 Å². The minimum Gasteiger partial charge on any atom is -0.457 e. The topological polar surface area (TPSA) is 74.4 Å². The first kappa shape index (κ1) is 34.0. The molecule has 3 aromatic carbocycles. The van der Waals surface area contributed by atoms with E-state index in [0.29, 0.717) is 12.2 Å². The Balaban J connectivity index is 0.000000169. The lowest BCUT2D eigenvalue weighted by molar-refractivity contribution is -0.111. The summed E-state index contributed by atoms with van der Waals surface area (Å²) in [5.74, 6) is 1.09. The first-order valence-corrected chi connectivity index (χ1v) is 15.0. The number of carbonyl (C=O) groups excluding carboxylic acids is 2. The van der Waals surface area contributed by atoms with Crippen molar-refractivity contribution in [3.05, 3.63) is 114 Å². The summed E-state index contributed by atoms with van der Waals surface area (Å²) in [5, 5.41) is 4.18. The molecule has 0 spiro atoms. The van der Waals surface area contributed by atoms with Gasteiger partial charge in [0.05, 0.1) is 6.04 Å². The largest absolute Gasteiger partial charge is 0.457 e. The second-order valence-electron chi connectivity index (χ2n) is 10.8. The third kappa shape index (κ3) is 11.0. The van der Waals surface area contributed by atoms with Crippen LogP contribution >= 0.6 is 0 Å². The molecule has 2 N–H and O–H groups in total. The fraction of sp³-hybridized carbons (Fsp3) is 0.297. The normalized spacial score (nSPS) is 15.4. The monoisotopic (exact) mass is 597 g/mol. The van der Waals surface area contributed by atoms with Crippen LogP contribution in [0.5, 0.6) is 11.5 Å². The van der Waals surface area contributed by atoms with Crippen LogP contribution in [0.15, 0.2) is 96.6 Å². The molecule has 6 rings (SSSR count). The van der Waals surface area contributed by atoms with Gasteiger partial charge in [0.1, 0.15) is 29.9 Å². The maximum atomic E-state index is 12.7. The first-order valence-electron chi connectivity index (χ1n) is 15.0. The molecule has 1 aliphatic carbocycles. The van der Waals surface area contributed by atoms with Crippen LogP contribution in [-0.4, -0.2) is 49.1 Å². The second kappa shape index (κ2) is 18.2. The molecule has 6 nitrogen and oxygen atoms in total. The molecule has 1 fully saturated rings. The summed E-state index contributed by atoms with van der Waals surface area (Å²) in [6.07, 6.45) is 13.7. The predicted molar refractivity (Wildman–Crippen MR) is 179 cm³/mol. The van der Waals surface area contributed by atoms with Crippen molar-refractivity contribution in [1.82, 2.24) is 9.88 Å². The Morgan fingerprint density at radius 1 is 1.00 bits per heavy atom. The van der Waals surface area contributed by atoms with Gasteiger partial charge in [-0.05, 0) is 113 Å². The minimum atomic E-state index is -0.266. The quantitative estimate of drug-likeness (QED) is 0.218. The number of benzene rings is 3. The summed E-state index contributed by atoms with van der Waals surface area (Å²) in [5.41, 5.74) is 5.84. The van der Waals surface area contributed by atoms with Gasteiger partial charge in [0.2, 0.25) is 0 Å². The number of allylic oxidation sites excluding steroid dienone is 4. The average molecular weight is 598 g/mol. The van der Waals surface area contributed by atoms with Crippen LogP contribution in [0, 0.1) is 12.7 Å². The summed E-state index contributed by atoms with van der Waals surface area (Å²) >= 11 is 0. The number of nitrogens with zero attached hydrogens (tertiary/aromatic N) is 1. The molecule has 1 atom stereocenters. The highest BCUT2D eigenvalue weighted by Gasteiger charge is 2.18. The predicted octanol–water partition coefficient (Wildman–Crippen LogP) is 8.44. The second-order valence-corrected chi connectivity index (χ2v) is 10.8. The van der Waals surface area contributed by atoms with Crippen LogP contribution in [0.3, 0.4) is 0 Å². The van der Waals surface area contributed by atoms with Crippen LogP contribution in [-0.2, 0) is 16.0 Å². The molecule has 1 aromatic heterocycles. The number of para-hydroxylation sites is 1. The van der Waals surface area contributed by atoms with Crippen molar-refractivity contribution in [2.24, 2.45) is 0 Å². The van der Waals surface area contributed by atoms with Crippen LogP contribution < -0.4 is 10.1 Å². The fourth-order valence-corrected chi connectivity index (χ4v) is 4.84. The molecule has 2 heterocycles. The number of H-pyrrole nitrogens is 1. The van der Waals surface area contributed by atoms with Crippen molar-refractivity contribution in [1.29, 1.82) is 0 Å². The number of rotatable bonds is 6. The number of ether oxygens (including phenoxy) is 1. The highest BCUT2D eigenvalue weighted by molar-refractivity contribution is 5.86. The van der Waals surface area contributed by atoms with E-state index in [1.807, 2.05) is 69.6 Å². The zero-order chi connectivity index (χ0) is 31.7. The number of hydrogen-bond acceptors (Lipinski definition) is 5. The van der Waals surface area contributed by atoms with Gasteiger partial charge in [-0.25, -0.2) is 4.39 Å². The Bertz CT molecular complexity index is 1510. The molecule has 44 heavy (non-hydrogen) atoms. The zero-order valence-electron chi connectivity index (χ0n) is 26.2. The molecule has 1 aliphatic heterocycles. The number of halogens is 1. The van der Waals surface area contributed by atoms with Crippen molar-refractivity contribution in [3.8, 4) is 11.5 Å². The van der Waals surface area contributed by atoms with Gasteiger partial charge in [-0.3, -0.25) is 4.90 Å². The van der Waals surface area contributed by atoms with Crippen LogP contribution in [0.2, 0.25) is 0 Å². The molecule has 4 aromatic rings. The molecule has 2 aliphatic rings. The molecule has 1 saturated heterocycles. The third-order valence-electron chi connectivity index (χ3n) is 7.46. The lowest BCUT2D eigenvalue weighted by Gasteiger charge is -2.10. The Morgan fingerprint density at radius 3 is 2.18 bits per heavy atom. The highest BCUT2D eigenvalue weighted by Crippen LogP contribution is 2.23. The standard InChI is InChI=1S/C13H12FNO.C11H11NO.C7H10.C6H11NO/c1-15-11-4-8-13(9-5-11)16-12-6-2-10(14)3-7-12;1-8-9(6-7-13)10-4-2-3-5-11(10)12-8;1-7-5-3-2-4-6-7;1-7-4-2-3-6(7)5-8/h2-9,15H,1H3;2-5,7,12H,6H2,1H3;2-3,5H,4,6H2,1H3;5-6H,2-4H2,1H3. The lowest BCUT2D eigenvalue weighted by Crippen LogP contribution is -2.25. The van der Waals surface area contributed by atoms with E-state index in [0.717, 1.165) is 59.1 Å². The van der Waals surface area contributed by atoms with Crippen LogP contribution in [0.25, 0.3) is 10.9 Å². The third-order valence-corrected chi connectivity index (χ3v) is 7.46. The van der Waals surface area contributed by atoms with E-state index in [1.165, 1.54) is 37.0 Å². The number of aldehydes is 2. The van der Waals surface area contributed by atoms with Crippen LogP contribution in [0.4, 0.5) is 10.1 Å². The maximum Gasteiger partial charge on any atom is 0.137 e. The Labute approximate surface area is 260 Å². The van der Waals surface area contributed by atoms with Crippen LogP contribution in [0.1, 0.15) is 43.9 Å². The van der Waals surface area contributed by atoms with Crippen molar-refractivity contribution < 1.29 is 18.7 Å². The SMILES string of the molecule is CC1=CC=CCC1.CN1CCCC1C=O.CNc1ccc(Oc2ccc(F)cc2)cc1.Cc1[nH]c2ccccc2c1CC=O. The molecule has 0 bridgehead atoms. The van der Waals surface area contributed by atoms with E-state index in [4.69, 9.17) is 4.74 Å². The molecule has 1 unspecified atom stereocenters. The summed E-state index contributed by atoms with van der Waals surface area (Å²) in [4.78, 5) is 26.0. The number of likely N-dealkylation sites (tertiary alicyclic amines) is 1. The number of aromatic amines is 1. The fourth-order valence-electron chi connectivity index (χ4n) is 4.84. The van der Waals surface area contributed by atoms with Gasteiger partial charge >= 0.3 is 0 Å². The summed E-state index contributed by atoms with van der Waals surface area (Å²) < 4.78 is 18.2. The molecule has 232 valence electrons. The number of anilines is 1. The summed E-state index contributed by atoms with van der Waals surface area (Å²) in [6, 6.07) is 21.7. The molecule has 0 amide bonds. The molecule has 7 heteroatoms. The van der Waals surface area contributed by atoms with E-state index in [-0.39, 0.29) is 11.9 Å². The van der Waals surface area contributed by atoms with Crippen molar-refractivity contribution in [3.63, 3.8) is 0 Å². The van der Waals surface area contributed by atoms with Gasteiger partial charge in [0.25, 0.3) is 0 Å². The number of aryl methyl sites for hydroxylation is 1. The van der Waals surface area contributed by atoms with E-state index in [9.17, 15) is 14.0 Å². The number of likely N-dealkylation sites (N-methyl/N-ethyl adjacent to an activating group) is 1. The molecule has 0 saturated carbocycles. The van der Waals surface area contributed by atoms with Gasteiger partial charge in [-0.2, -0.15) is 0 Å². The lowest BCUT2D eigenvalue weighted by atomic mass is 10.1. The summed E-state index contributed by atoms with van der Waals surface area (Å²) in [6.45, 7) is 5.26. The minimum absolute atomic E-state index is 0.218. The van der Waals surface area contributed by atoms with Crippen molar-refractivity contribution in [2.75, 3.05) is 26.0 Å². The number of hydrogen-bond donors (Lipinski definition) is 2. The van der Waals surface area contributed by atoms with Gasteiger partial charge in [-0.15, -0.1) is 0 Å². The van der Waals surface area contributed by atoms with E-state index in [2.05, 4.69) is 40.4 Å². The Kier molecular flexibility index (Phi) is 14.1. The number of fused-ring (bicyclic) bond motifs is 1. The summed E-state index contributed by atoms with van der Waals surface area (Å²) in [7, 11) is 3.85. The van der Waals surface area contributed by atoms with Crippen molar-refractivity contribution >= 4 is 29.2 Å². The smallest absolute Gasteiger partial charge is 0.137 e.